The third-order valence-corrected chi connectivity index (χ3v) is 7.19. The highest BCUT2D eigenvalue weighted by atomic mass is 32.2. The summed E-state index contributed by atoms with van der Waals surface area (Å²) in [6, 6.07) is 9.08. The summed E-state index contributed by atoms with van der Waals surface area (Å²) in [5, 5.41) is 0. The minimum atomic E-state index is -3.37. The van der Waals surface area contributed by atoms with Crippen molar-refractivity contribution in [3.8, 4) is 0 Å². The number of rotatable bonds is 4. The predicted molar refractivity (Wildman–Crippen MR) is 120 cm³/mol. The number of imidazole rings is 1. The minimum Gasteiger partial charge on any atom is -0.336 e. The number of nitrogens with zero attached hydrogens (tertiary/aromatic N) is 4. The summed E-state index contributed by atoms with van der Waals surface area (Å²) in [6.45, 7) is 9.35. The van der Waals surface area contributed by atoms with E-state index in [4.69, 9.17) is 0 Å². The average Bonchev–Trinajstić information content (AvgIpc) is 3.01. The summed E-state index contributed by atoms with van der Waals surface area (Å²) in [7, 11) is -3.37. The fourth-order valence-corrected chi connectivity index (χ4v) is 5.14. The van der Waals surface area contributed by atoms with Gasteiger partial charge in [0.1, 0.15) is 5.65 Å². The van der Waals surface area contributed by atoms with Crippen molar-refractivity contribution in [1.82, 2.24) is 19.2 Å². The first-order valence-corrected chi connectivity index (χ1v) is 12.3. The van der Waals surface area contributed by atoms with Gasteiger partial charge in [-0.2, -0.15) is 0 Å². The van der Waals surface area contributed by atoms with Gasteiger partial charge in [-0.15, -0.1) is 0 Å². The van der Waals surface area contributed by atoms with E-state index in [0.717, 1.165) is 31.0 Å². The molecule has 0 unspecified atom stereocenters. The van der Waals surface area contributed by atoms with Crippen molar-refractivity contribution in [2.75, 3.05) is 32.4 Å². The van der Waals surface area contributed by atoms with E-state index in [9.17, 15) is 13.2 Å². The first kappa shape index (κ1) is 21.5. The number of fused-ring (bicyclic) bond motifs is 1. The Morgan fingerprint density at radius 1 is 1.03 bits per heavy atom. The normalized spacial score (nSPS) is 15.5. The molecule has 1 aromatic carbocycles. The van der Waals surface area contributed by atoms with Gasteiger partial charge in [-0.25, -0.2) is 13.4 Å². The molecule has 1 fully saturated rings. The SMILES string of the molecule is Cc1ccn2c(CN3CCN(C(=O)c4ccc(C)c(S(C)(=O)=O)c4)CC3)c(C)nc2c1. The van der Waals surface area contributed by atoms with E-state index in [2.05, 4.69) is 39.5 Å². The van der Waals surface area contributed by atoms with Crippen LogP contribution in [0.4, 0.5) is 0 Å². The lowest BCUT2D eigenvalue weighted by Crippen LogP contribution is -2.48. The molecule has 2 aromatic heterocycles. The molecule has 0 saturated carbocycles. The number of amides is 1. The second-order valence-corrected chi connectivity index (χ2v) is 10.4. The lowest BCUT2D eigenvalue weighted by molar-refractivity contribution is 0.0626. The van der Waals surface area contributed by atoms with Gasteiger partial charge in [0.25, 0.3) is 5.91 Å². The second kappa shape index (κ2) is 8.09. The Labute approximate surface area is 183 Å². The van der Waals surface area contributed by atoms with Crippen molar-refractivity contribution in [3.05, 3.63) is 64.6 Å². The Bertz CT molecular complexity index is 1260. The highest BCUT2D eigenvalue weighted by Crippen LogP contribution is 2.20. The van der Waals surface area contributed by atoms with Gasteiger partial charge in [0, 0.05) is 50.7 Å². The number of carbonyl (C=O) groups excluding carboxylic acids is 1. The minimum absolute atomic E-state index is 0.119. The molecule has 0 aliphatic carbocycles. The number of aromatic nitrogens is 2. The number of hydrogen-bond donors (Lipinski definition) is 0. The standard InChI is InChI=1S/C23H28N4O3S/c1-16-7-8-27-20(18(3)24-22(27)13-16)15-25-9-11-26(12-10-25)23(28)19-6-5-17(2)21(14-19)31(4,29)30/h5-8,13-14H,9-12,15H2,1-4H3. The zero-order valence-electron chi connectivity index (χ0n) is 18.4. The second-order valence-electron chi connectivity index (χ2n) is 8.40. The fraction of sp³-hybridized carbons (Fsp3) is 0.391. The van der Waals surface area contributed by atoms with E-state index in [1.165, 1.54) is 23.6 Å². The first-order chi connectivity index (χ1) is 14.6. The summed E-state index contributed by atoms with van der Waals surface area (Å²) >= 11 is 0. The van der Waals surface area contributed by atoms with Crippen LogP contribution in [0.2, 0.25) is 0 Å². The lowest BCUT2D eigenvalue weighted by atomic mass is 10.1. The van der Waals surface area contributed by atoms with E-state index in [0.29, 0.717) is 24.2 Å². The van der Waals surface area contributed by atoms with Gasteiger partial charge in [0.05, 0.1) is 16.3 Å². The molecule has 1 saturated heterocycles. The molecule has 8 heteroatoms. The quantitative estimate of drug-likeness (QED) is 0.624. The number of piperazine rings is 1. The molecular formula is C23H28N4O3S. The van der Waals surface area contributed by atoms with Gasteiger partial charge in [-0.05, 0) is 56.2 Å². The van der Waals surface area contributed by atoms with Crippen molar-refractivity contribution in [2.24, 2.45) is 0 Å². The molecule has 31 heavy (non-hydrogen) atoms. The van der Waals surface area contributed by atoms with Crippen molar-refractivity contribution in [1.29, 1.82) is 0 Å². The number of aryl methyl sites for hydroxylation is 3. The van der Waals surface area contributed by atoms with Crippen molar-refractivity contribution >= 4 is 21.4 Å². The Kier molecular flexibility index (Phi) is 5.61. The topological polar surface area (TPSA) is 75.0 Å². The zero-order valence-corrected chi connectivity index (χ0v) is 19.2. The molecule has 0 bridgehead atoms. The van der Waals surface area contributed by atoms with Crippen molar-refractivity contribution in [3.63, 3.8) is 0 Å². The van der Waals surface area contributed by atoms with E-state index in [-0.39, 0.29) is 10.8 Å². The molecule has 4 rings (SSSR count). The predicted octanol–water partition coefficient (Wildman–Crippen LogP) is 2.62. The molecule has 1 amide bonds. The summed E-state index contributed by atoms with van der Waals surface area (Å²) in [4.78, 5) is 22.0. The summed E-state index contributed by atoms with van der Waals surface area (Å²) in [5.74, 6) is -0.119. The molecule has 164 valence electrons. The molecule has 1 aliphatic rings. The Balaban J connectivity index is 1.45. The van der Waals surface area contributed by atoms with Crippen molar-refractivity contribution < 1.29 is 13.2 Å². The number of pyridine rings is 1. The number of sulfone groups is 1. The van der Waals surface area contributed by atoms with Gasteiger partial charge in [0.2, 0.25) is 0 Å². The maximum atomic E-state index is 13.0. The fourth-order valence-electron chi connectivity index (χ4n) is 4.14. The molecule has 0 N–H and O–H groups in total. The molecule has 7 nitrogen and oxygen atoms in total. The number of hydrogen-bond acceptors (Lipinski definition) is 5. The van der Waals surface area contributed by atoms with Crippen LogP contribution in [0.25, 0.3) is 5.65 Å². The molecule has 1 aliphatic heterocycles. The molecule has 0 spiro atoms. The Morgan fingerprint density at radius 3 is 2.42 bits per heavy atom. The van der Waals surface area contributed by atoms with Crippen LogP contribution in [0.3, 0.4) is 0 Å². The monoisotopic (exact) mass is 440 g/mol. The van der Waals surface area contributed by atoms with Gasteiger partial charge in [0.15, 0.2) is 9.84 Å². The molecular weight excluding hydrogens is 412 g/mol. The third-order valence-electron chi connectivity index (χ3n) is 5.95. The van der Waals surface area contributed by atoms with E-state index < -0.39 is 9.84 Å². The lowest BCUT2D eigenvalue weighted by Gasteiger charge is -2.34. The molecule has 3 heterocycles. The van der Waals surface area contributed by atoms with Crippen LogP contribution in [0.1, 0.15) is 32.9 Å². The number of benzene rings is 1. The van der Waals surface area contributed by atoms with Crippen LogP contribution in [0, 0.1) is 20.8 Å². The third kappa shape index (κ3) is 4.36. The zero-order chi connectivity index (χ0) is 22.3. The maximum Gasteiger partial charge on any atom is 0.253 e. The molecule has 0 atom stereocenters. The van der Waals surface area contributed by atoms with Gasteiger partial charge < -0.3 is 9.30 Å². The van der Waals surface area contributed by atoms with E-state index in [1.807, 2.05) is 6.92 Å². The van der Waals surface area contributed by atoms with Crippen LogP contribution in [-0.4, -0.2) is 65.9 Å². The summed E-state index contributed by atoms with van der Waals surface area (Å²) in [6.07, 6.45) is 3.24. The molecule has 3 aromatic rings. The molecule has 0 radical (unpaired) electrons. The first-order valence-electron chi connectivity index (χ1n) is 10.4. The van der Waals surface area contributed by atoms with Crippen LogP contribution >= 0.6 is 0 Å². The van der Waals surface area contributed by atoms with Crippen LogP contribution in [-0.2, 0) is 16.4 Å². The number of carbonyl (C=O) groups is 1. The summed E-state index contributed by atoms with van der Waals surface area (Å²) < 4.78 is 26.1. The van der Waals surface area contributed by atoms with E-state index in [1.54, 1.807) is 24.0 Å². The van der Waals surface area contributed by atoms with Crippen molar-refractivity contribution in [2.45, 2.75) is 32.2 Å². The van der Waals surface area contributed by atoms with Crippen LogP contribution in [0.15, 0.2) is 41.4 Å². The van der Waals surface area contributed by atoms with Crippen LogP contribution < -0.4 is 0 Å². The largest absolute Gasteiger partial charge is 0.336 e. The summed E-state index contributed by atoms with van der Waals surface area (Å²) in [5.41, 5.74) is 5.42. The van der Waals surface area contributed by atoms with Gasteiger partial charge >= 0.3 is 0 Å². The highest BCUT2D eigenvalue weighted by molar-refractivity contribution is 7.90. The average molecular weight is 441 g/mol. The van der Waals surface area contributed by atoms with Gasteiger partial charge in [-0.3, -0.25) is 9.69 Å². The van der Waals surface area contributed by atoms with Gasteiger partial charge in [-0.1, -0.05) is 6.07 Å². The smallest absolute Gasteiger partial charge is 0.253 e. The van der Waals surface area contributed by atoms with Crippen LogP contribution in [0.5, 0.6) is 0 Å². The maximum absolute atomic E-state index is 13.0. The van der Waals surface area contributed by atoms with E-state index >= 15 is 0 Å². The Hall–Kier alpha value is -2.71. The highest BCUT2D eigenvalue weighted by Gasteiger charge is 2.24. The Morgan fingerprint density at radius 2 is 1.74 bits per heavy atom.